The zero-order valence-electron chi connectivity index (χ0n) is 8.33. The molecular weight excluding hydrogens is 184 g/mol. The largest absolute Gasteiger partial charge is 0.338 e. The van der Waals surface area contributed by atoms with Gasteiger partial charge in [0.05, 0.1) is 0 Å². The Morgan fingerprint density at radius 2 is 2.38 bits per heavy atom. The van der Waals surface area contributed by atoms with E-state index in [1.54, 1.807) is 0 Å². The van der Waals surface area contributed by atoms with Gasteiger partial charge in [-0.1, -0.05) is 6.92 Å². The van der Waals surface area contributed by atoms with E-state index in [4.69, 9.17) is 11.6 Å². The van der Waals surface area contributed by atoms with Crippen molar-refractivity contribution in [3.63, 3.8) is 0 Å². The number of hydrogen-bond donors (Lipinski definition) is 0. The Bertz CT molecular complexity index is 245. The number of aromatic nitrogens is 2. The van der Waals surface area contributed by atoms with Gasteiger partial charge < -0.3 is 4.57 Å². The molecule has 0 radical (unpaired) electrons. The molecule has 0 fully saturated rings. The van der Waals surface area contributed by atoms with Gasteiger partial charge in [-0.15, -0.1) is 11.6 Å². The first-order valence-electron chi connectivity index (χ1n) is 4.76. The Morgan fingerprint density at radius 3 is 2.92 bits per heavy atom. The molecule has 0 N–H and O–H groups in total. The molecule has 0 aliphatic carbocycles. The molecule has 0 saturated carbocycles. The van der Waals surface area contributed by atoms with Gasteiger partial charge in [-0.25, -0.2) is 4.98 Å². The quantitative estimate of drug-likeness (QED) is 0.669. The van der Waals surface area contributed by atoms with E-state index in [1.165, 1.54) is 18.7 Å². The van der Waals surface area contributed by atoms with Gasteiger partial charge in [0.2, 0.25) is 0 Å². The molecule has 0 aliphatic rings. The van der Waals surface area contributed by atoms with Crippen molar-refractivity contribution in [2.24, 2.45) is 13.0 Å². The first-order chi connectivity index (χ1) is 6.24. The summed E-state index contributed by atoms with van der Waals surface area (Å²) in [4.78, 5) is 4.27. The van der Waals surface area contributed by atoms with E-state index in [0.29, 0.717) is 5.92 Å². The smallest absolute Gasteiger partial charge is 0.108 e. The summed E-state index contributed by atoms with van der Waals surface area (Å²) in [5, 5.41) is 0. The number of rotatable bonds is 5. The summed E-state index contributed by atoms with van der Waals surface area (Å²) in [5.41, 5.74) is 0. The summed E-state index contributed by atoms with van der Waals surface area (Å²) in [6.07, 6.45) is 7.26. The molecule has 1 atom stereocenters. The highest BCUT2D eigenvalue weighted by molar-refractivity contribution is 6.18. The Hall–Kier alpha value is -0.500. The van der Waals surface area contributed by atoms with Crippen LogP contribution in [0.3, 0.4) is 0 Å². The first-order valence-corrected chi connectivity index (χ1v) is 5.29. The number of nitrogens with zero attached hydrogens (tertiary/aromatic N) is 2. The molecule has 3 heteroatoms. The standard InChI is InChI=1S/C10H17ClN2/c1-9(8-11)4-3-5-10-12-6-7-13(10)2/h6-7,9H,3-5,8H2,1-2H3. The number of aryl methyl sites for hydroxylation is 2. The zero-order chi connectivity index (χ0) is 9.68. The third-order valence-electron chi connectivity index (χ3n) is 2.28. The first kappa shape index (κ1) is 10.6. The second kappa shape index (κ2) is 5.28. The lowest BCUT2D eigenvalue weighted by Crippen LogP contribution is -2.01. The van der Waals surface area contributed by atoms with Crippen molar-refractivity contribution in [3.8, 4) is 0 Å². The minimum atomic E-state index is 0.627. The summed E-state index contributed by atoms with van der Waals surface area (Å²) < 4.78 is 2.07. The van der Waals surface area contributed by atoms with E-state index in [9.17, 15) is 0 Å². The third-order valence-corrected chi connectivity index (χ3v) is 2.81. The van der Waals surface area contributed by atoms with Crippen molar-refractivity contribution < 1.29 is 0 Å². The fourth-order valence-corrected chi connectivity index (χ4v) is 1.48. The van der Waals surface area contributed by atoms with E-state index < -0.39 is 0 Å². The second-order valence-corrected chi connectivity index (χ2v) is 3.91. The number of alkyl halides is 1. The summed E-state index contributed by atoms with van der Waals surface area (Å²) in [6, 6.07) is 0. The van der Waals surface area contributed by atoms with E-state index >= 15 is 0 Å². The molecule has 0 spiro atoms. The van der Waals surface area contributed by atoms with Crippen molar-refractivity contribution in [2.45, 2.75) is 26.2 Å². The average molecular weight is 201 g/mol. The van der Waals surface area contributed by atoms with Crippen LogP contribution in [0.2, 0.25) is 0 Å². The fourth-order valence-electron chi connectivity index (χ4n) is 1.32. The van der Waals surface area contributed by atoms with Gasteiger partial charge in [-0.2, -0.15) is 0 Å². The van der Waals surface area contributed by atoms with Crippen molar-refractivity contribution in [2.75, 3.05) is 5.88 Å². The van der Waals surface area contributed by atoms with Crippen LogP contribution in [0, 0.1) is 5.92 Å². The van der Waals surface area contributed by atoms with Crippen LogP contribution in [0.25, 0.3) is 0 Å². The van der Waals surface area contributed by atoms with Gasteiger partial charge in [-0.3, -0.25) is 0 Å². The van der Waals surface area contributed by atoms with Crippen molar-refractivity contribution >= 4 is 11.6 Å². The number of imidazole rings is 1. The molecule has 0 bridgehead atoms. The Morgan fingerprint density at radius 1 is 1.62 bits per heavy atom. The second-order valence-electron chi connectivity index (χ2n) is 3.61. The summed E-state index contributed by atoms with van der Waals surface area (Å²) >= 11 is 5.72. The topological polar surface area (TPSA) is 17.8 Å². The molecule has 0 aliphatic heterocycles. The Balaban J connectivity index is 2.24. The number of hydrogen-bond acceptors (Lipinski definition) is 1. The van der Waals surface area contributed by atoms with Crippen LogP contribution >= 0.6 is 11.6 Å². The van der Waals surface area contributed by atoms with Gasteiger partial charge >= 0.3 is 0 Å². The zero-order valence-corrected chi connectivity index (χ0v) is 9.09. The summed E-state index contributed by atoms with van der Waals surface area (Å²) in [6.45, 7) is 2.19. The number of halogens is 1. The van der Waals surface area contributed by atoms with Crippen LogP contribution in [0.1, 0.15) is 25.6 Å². The van der Waals surface area contributed by atoms with Gasteiger partial charge in [0.25, 0.3) is 0 Å². The Kier molecular flexibility index (Phi) is 4.29. The lowest BCUT2D eigenvalue weighted by Gasteiger charge is -2.06. The monoisotopic (exact) mass is 200 g/mol. The highest BCUT2D eigenvalue weighted by atomic mass is 35.5. The van der Waals surface area contributed by atoms with Crippen LogP contribution in [-0.2, 0) is 13.5 Å². The molecule has 1 heterocycles. The predicted octanol–water partition coefficient (Wildman–Crippen LogP) is 2.62. The van der Waals surface area contributed by atoms with E-state index in [1.807, 2.05) is 19.4 Å². The summed E-state index contributed by atoms with van der Waals surface area (Å²) in [7, 11) is 2.04. The fraction of sp³-hybridized carbons (Fsp3) is 0.700. The summed E-state index contributed by atoms with van der Waals surface area (Å²) in [5.74, 6) is 2.56. The molecule has 13 heavy (non-hydrogen) atoms. The van der Waals surface area contributed by atoms with Crippen LogP contribution in [-0.4, -0.2) is 15.4 Å². The van der Waals surface area contributed by atoms with Crippen molar-refractivity contribution in [1.29, 1.82) is 0 Å². The van der Waals surface area contributed by atoms with Gasteiger partial charge in [0, 0.05) is 31.7 Å². The van der Waals surface area contributed by atoms with Gasteiger partial charge in [0.1, 0.15) is 5.82 Å². The predicted molar refractivity (Wildman–Crippen MR) is 56.0 cm³/mol. The van der Waals surface area contributed by atoms with Crippen molar-refractivity contribution in [1.82, 2.24) is 9.55 Å². The maximum atomic E-state index is 5.72. The molecule has 0 amide bonds. The normalized spacial score (nSPS) is 13.2. The molecular formula is C10H17ClN2. The van der Waals surface area contributed by atoms with Crippen LogP contribution in [0.4, 0.5) is 0 Å². The lowest BCUT2D eigenvalue weighted by atomic mass is 10.1. The van der Waals surface area contributed by atoms with Crippen LogP contribution < -0.4 is 0 Å². The van der Waals surface area contributed by atoms with E-state index in [0.717, 1.165) is 12.3 Å². The molecule has 74 valence electrons. The van der Waals surface area contributed by atoms with Crippen LogP contribution in [0.15, 0.2) is 12.4 Å². The highest BCUT2D eigenvalue weighted by Crippen LogP contribution is 2.10. The van der Waals surface area contributed by atoms with E-state index in [-0.39, 0.29) is 0 Å². The maximum Gasteiger partial charge on any atom is 0.108 e. The third kappa shape index (κ3) is 3.39. The molecule has 1 aromatic heterocycles. The molecule has 1 unspecified atom stereocenters. The van der Waals surface area contributed by atoms with Gasteiger partial charge in [-0.05, 0) is 18.8 Å². The van der Waals surface area contributed by atoms with Crippen molar-refractivity contribution in [3.05, 3.63) is 18.2 Å². The van der Waals surface area contributed by atoms with E-state index in [2.05, 4.69) is 16.5 Å². The molecule has 1 aromatic rings. The van der Waals surface area contributed by atoms with Crippen LogP contribution in [0.5, 0.6) is 0 Å². The minimum Gasteiger partial charge on any atom is -0.338 e. The highest BCUT2D eigenvalue weighted by Gasteiger charge is 2.02. The maximum absolute atomic E-state index is 5.72. The molecule has 1 rings (SSSR count). The lowest BCUT2D eigenvalue weighted by molar-refractivity contribution is 0.550. The Labute approximate surface area is 84.9 Å². The SMILES string of the molecule is CC(CCl)CCCc1nccn1C. The average Bonchev–Trinajstić information content (AvgIpc) is 2.52. The minimum absolute atomic E-state index is 0.627. The molecule has 0 saturated heterocycles. The molecule has 2 nitrogen and oxygen atoms in total. The molecule has 0 aromatic carbocycles. The van der Waals surface area contributed by atoms with Gasteiger partial charge in [0.15, 0.2) is 0 Å².